The largest absolute Gasteiger partial charge is 0.354 e. The summed E-state index contributed by atoms with van der Waals surface area (Å²) in [5.74, 6) is 1.15. The maximum Gasteiger partial charge on any atom is 0.237 e. The highest BCUT2D eigenvalue weighted by Gasteiger charge is 2.21. The smallest absolute Gasteiger partial charge is 0.237 e. The van der Waals surface area contributed by atoms with Gasteiger partial charge in [-0.2, -0.15) is 0 Å². The Bertz CT molecular complexity index is 656. The Balaban J connectivity index is 1.68. The van der Waals surface area contributed by atoms with Crippen molar-refractivity contribution in [2.75, 3.05) is 13.1 Å². The molecule has 1 aliphatic heterocycles. The molecule has 0 aliphatic carbocycles. The van der Waals surface area contributed by atoms with E-state index in [4.69, 9.17) is 4.98 Å². The zero-order valence-corrected chi connectivity index (χ0v) is 13.3. The molecule has 3 rings (SSSR count). The van der Waals surface area contributed by atoms with E-state index >= 15 is 0 Å². The number of hydrogen-bond donors (Lipinski definition) is 2. The van der Waals surface area contributed by atoms with Crippen LogP contribution in [0.25, 0.3) is 11.0 Å². The number of hydrogen-bond acceptors (Lipinski definition) is 3. The fourth-order valence-corrected chi connectivity index (χ4v) is 3.18. The van der Waals surface area contributed by atoms with Gasteiger partial charge in [-0.25, -0.2) is 4.98 Å². The molecule has 1 amide bonds. The van der Waals surface area contributed by atoms with Crippen molar-refractivity contribution in [3.8, 4) is 0 Å². The average Bonchev–Trinajstić information content (AvgIpc) is 3.14. The first-order valence-electron chi connectivity index (χ1n) is 8.14. The molecule has 1 atom stereocenters. The summed E-state index contributed by atoms with van der Waals surface area (Å²) in [6.45, 7) is 5.91. The Morgan fingerprint density at radius 3 is 3.00 bits per heavy atom. The second kappa shape index (κ2) is 6.48. The number of benzene rings is 1. The van der Waals surface area contributed by atoms with E-state index in [9.17, 15) is 4.79 Å². The van der Waals surface area contributed by atoms with Gasteiger partial charge in [-0.3, -0.25) is 4.79 Å². The van der Waals surface area contributed by atoms with Crippen molar-refractivity contribution in [3.05, 3.63) is 30.1 Å². The first-order valence-corrected chi connectivity index (χ1v) is 8.14. The number of carbonyl (C=O) groups excluding carboxylic acids is 1. The standard InChI is InChI=1S/C17H24N4O/c1-12(2)21-15-8-4-3-6-13(15)20-16(21)9-11-19-17(22)14-7-5-10-18-14/h3-4,6,8,12,14,18H,5,7,9-11H2,1-2H3,(H,19,22)/t14-/m0/s1. The van der Waals surface area contributed by atoms with Crippen molar-refractivity contribution >= 4 is 16.9 Å². The molecular formula is C17H24N4O. The van der Waals surface area contributed by atoms with Gasteiger partial charge in [-0.15, -0.1) is 0 Å². The number of imidazole rings is 1. The van der Waals surface area contributed by atoms with Crippen molar-refractivity contribution in [3.63, 3.8) is 0 Å². The summed E-state index contributed by atoms with van der Waals surface area (Å²) in [4.78, 5) is 16.7. The number of nitrogens with one attached hydrogen (secondary N) is 2. The third kappa shape index (κ3) is 2.99. The van der Waals surface area contributed by atoms with Crippen molar-refractivity contribution in [2.24, 2.45) is 0 Å². The minimum Gasteiger partial charge on any atom is -0.354 e. The summed E-state index contributed by atoms with van der Waals surface area (Å²) >= 11 is 0. The van der Waals surface area contributed by atoms with Gasteiger partial charge in [0.2, 0.25) is 5.91 Å². The Morgan fingerprint density at radius 2 is 2.27 bits per heavy atom. The van der Waals surface area contributed by atoms with Crippen LogP contribution in [-0.2, 0) is 11.2 Å². The molecule has 5 nitrogen and oxygen atoms in total. The highest BCUT2D eigenvalue weighted by atomic mass is 16.2. The second-order valence-corrected chi connectivity index (χ2v) is 6.17. The number of amides is 1. The minimum absolute atomic E-state index is 0.0103. The maximum absolute atomic E-state index is 12.0. The van der Waals surface area contributed by atoms with Crippen LogP contribution in [-0.4, -0.2) is 34.6 Å². The summed E-state index contributed by atoms with van der Waals surface area (Å²) in [5.41, 5.74) is 2.19. The summed E-state index contributed by atoms with van der Waals surface area (Å²) < 4.78 is 2.26. The van der Waals surface area contributed by atoms with Crippen molar-refractivity contribution < 1.29 is 4.79 Å². The van der Waals surface area contributed by atoms with Crippen LogP contribution in [0, 0.1) is 0 Å². The lowest BCUT2D eigenvalue weighted by molar-refractivity contribution is -0.122. The zero-order valence-electron chi connectivity index (χ0n) is 13.3. The van der Waals surface area contributed by atoms with Crippen LogP contribution in [0.4, 0.5) is 0 Å². The molecule has 0 spiro atoms. The van der Waals surface area contributed by atoms with Crippen molar-refractivity contribution in [1.82, 2.24) is 20.2 Å². The number of nitrogens with zero attached hydrogens (tertiary/aromatic N) is 2. The third-order valence-electron chi connectivity index (χ3n) is 4.21. The molecule has 118 valence electrons. The van der Waals surface area contributed by atoms with E-state index in [1.54, 1.807) is 0 Å². The molecule has 2 N–H and O–H groups in total. The molecule has 1 aromatic carbocycles. The SMILES string of the molecule is CC(C)n1c(CCNC(=O)[C@@H]2CCCN2)nc2ccccc21. The first-order chi connectivity index (χ1) is 10.7. The molecule has 0 saturated carbocycles. The Labute approximate surface area is 131 Å². The second-order valence-electron chi connectivity index (χ2n) is 6.17. The highest BCUT2D eigenvalue weighted by Crippen LogP contribution is 2.21. The fraction of sp³-hybridized carbons (Fsp3) is 0.529. The maximum atomic E-state index is 12.0. The molecule has 1 saturated heterocycles. The van der Waals surface area contributed by atoms with E-state index in [0.717, 1.165) is 42.7 Å². The minimum atomic E-state index is -0.0103. The lowest BCUT2D eigenvalue weighted by Crippen LogP contribution is -2.41. The van der Waals surface area contributed by atoms with E-state index in [-0.39, 0.29) is 11.9 Å². The molecule has 0 unspecified atom stereocenters. The normalized spacial score (nSPS) is 18.2. The van der Waals surface area contributed by atoms with Gasteiger partial charge in [0, 0.05) is 19.0 Å². The van der Waals surface area contributed by atoms with Gasteiger partial charge in [0.25, 0.3) is 0 Å². The predicted molar refractivity (Wildman–Crippen MR) is 87.9 cm³/mol. The van der Waals surface area contributed by atoms with Crippen molar-refractivity contribution in [1.29, 1.82) is 0 Å². The first kappa shape index (κ1) is 15.0. The molecule has 2 aromatic rings. The molecule has 0 bridgehead atoms. The number of aromatic nitrogens is 2. The van der Waals surface area contributed by atoms with Crippen LogP contribution in [0.5, 0.6) is 0 Å². The van der Waals surface area contributed by atoms with E-state index in [1.165, 1.54) is 0 Å². The summed E-state index contributed by atoms with van der Waals surface area (Å²) in [6.07, 6.45) is 2.78. The van der Waals surface area contributed by atoms with E-state index in [0.29, 0.717) is 12.6 Å². The molecule has 22 heavy (non-hydrogen) atoms. The number of fused-ring (bicyclic) bond motifs is 1. The number of carbonyl (C=O) groups is 1. The lowest BCUT2D eigenvalue weighted by atomic mass is 10.2. The third-order valence-corrected chi connectivity index (χ3v) is 4.21. The quantitative estimate of drug-likeness (QED) is 0.888. The number of rotatable bonds is 5. The van der Waals surface area contributed by atoms with Gasteiger partial charge in [-0.05, 0) is 45.4 Å². The van der Waals surface area contributed by atoms with Gasteiger partial charge in [0.05, 0.1) is 17.1 Å². The van der Waals surface area contributed by atoms with E-state index in [2.05, 4.69) is 35.1 Å². The molecule has 1 aliphatic rings. The molecule has 1 aromatic heterocycles. The Kier molecular flexibility index (Phi) is 4.43. The summed E-state index contributed by atoms with van der Waals surface area (Å²) in [5, 5.41) is 6.25. The van der Waals surface area contributed by atoms with Crippen LogP contribution >= 0.6 is 0 Å². The molecule has 1 fully saturated rings. The number of para-hydroxylation sites is 2. The highest BCUT2D eigenvalue weighted by molar-refractivity contribution is 5.82. The van der Waals surface area contributed by atoms with Crippen LogP contribution in [0.15, 0.2) is 24.3 Å². The van der Waals surface area contributed by atoms with Crippen LogP contribution in [0.3, 0.4) is 0 Å². The lowest BCUT2D eigenvalue weighted by Gasteiger charge is -2.14. The summed E-state index contributed by atoms with van der Waals surface area (Å²) in [6, 6.07) is 8.54. The van der Waals surface area contributed by atoms with E-state index < -0.39 is 0 Å². The van der Waals surface area contributed by atoms with Gasteiger partial charge in [0.15, 0.2) is 0 Å². The van der Waals surface area contributed by atoms with Crippen LogP contribution in [0.2, 0.25) is 0 Å². The Hall–Kier alpha value is -1.88. The van der Waals surface area contributed by atoms with Crippen molar-refractivity contribution in [2.45, 2.75) is 45.2 Å². The fourth-order valence-electron chi connectivity index (χ4n) is 3.18. The average molecular weight is 300 g/mol. The van der Waals surface area contributed by atoms with Crippen LogP contribution < -0.4 is 10.6 Å². The van der Waals surface area contributed by atoms with Crippen LogP contribution in [0.1, 0.15) is 38.6 Å². The monoisotopic (exact) mass is 300 g/mol. The Morgan fingerprint density at radius 1 is 1.45 bits per heavy atom. The predicted octanol–water partition coefficient (Wildman–Crippen LogP) is 2.03. The van der Waals surface area contributed by atoms with Gasteiger partial charge < -0.3 is 15.2 Å². The topological polar surface area (TPSA) is 59.0 Å². The zero-order chi connectivity index (χ0) is 15.5. The molecular weight excluding hydrogens is 276 g/mol. The van der Waals surface area contributed by atoms with E-state index in [1.807, 2.05) is 18.2 Å². The van der Waals surface area contributed by atoms with Gasteiger partial charge in [-0.1, -0.05) is 12.1 Å². The van der Waals surface area contributed by atoms with Gasteiger partial charge >= 0.3 is 0 Å². The van der Waals surface area contributed by atoms with Gasteiger partial charge in [0.1, 0.15) is 5.82 Å². The molecule has 5 heteroatoms. The molecule has 2 heterocycles. The summed E-state index contributed by atoms with van der Waals surface area (Å²) in [7, 11) is 0. The molecule has 0 radical (unpaired) electrons.